The number of fused-ring (bicyclic) bond motifs is 1. The number of para-hydroxylation sites is 1. The lowest BCUT2D eigenvalue weighted by Crippen LogP contribution is -2.23. The molecule has 1 N–H and O–H groups in total. The van der Waals surface area contributed by atoms with Gasteiger partial charge in [0.15, 0.2) is 5.16 Å². The van der Waals surface area contributed by atoms with Crippen molar-refractivity contribution in [3.05, 3.63) is 93.1 Å². The van der Waals surface area contributed by atoms with E-state index in [9.17, 15) is 14.4 Å². The number of hydrogen-bond acceptors (Lipinski definition) is 8. The first-order valence-corrected chi connectivity index (χ1v) is 14.9. The van der Waals surface area contributed by atoms with E-state index >= 15 is 0 Å². The van der Waals surface area contributed by atoms with Gasteiger partial charge in [-0.3, -0.25) is 14.2 Å². The number of thiophene rings is 2. The summed E-state index contributed by atoms with van der Waals surface area (Å²) in [5.41, 5.74) is 2.69. The molecule has 0 spiro atoms. The number of nitrogens with one attached hydrogen (secondary N) is 1. The first-order chi connectivity index (χ1) is 18.9. The lowest BCUT2D eigenvalue weighted by molar-refractivity contribution is -0.113. The van der Waals surface area contributed by atoms with Crippen molar-refractivity contribution in [2.75, 3.05) is 17.7 Å². The molecule has 0 atom stereocenters. The molecule has 0 bridgehead atoms. The van der Waals surface area contributed by atoms with Crippen molar-refractivity contribution in [2.45, 2.75) is 25.9 Å². The van der Waals surface area contributed by atoms with E-state index in [-0.39, 0.29) is 23.8 Å². The highest BCUT2D eigenvalue weighted by Gasteiger charge is 2.22. The van der Waals surface area contributed by atoms with Crippen LogP contribution in [0, 0.1) is 13.8 Å². The first kappa shape index (κ1) is 26.9. The molecule has 39 heavy (non-hydrogen) atoms. The summed E-state index contributed by atoms with van der Waals surface area (Å²) in [4.78, 5) is 46.7. The molecule has 0 aliphatic rings. The fraction of sp³-hybridized carbons (Fsp3) is 0.172. The van der Waals surface area contributed by atoms with E-state index in [0.717, 1.165) is 20.9 Å². The minimum absolute atomic E-state index is 0.00500. The van der Waals surface area contributed by atoms with Gasteiger partial charge in [-0.15, -0.1) is 22.7 Å². The number of aromatic nitrogens is 2. The van der Waals surface area contributed by atoms with Crippen LogP contribution in [0.5, 0.6) is 0 Å². The Balaban J connectivity index is 1.44. The molecule has 0 saturated carbocycles. The van der Waals surface area contributed by atoms with Crippen LogP contribution in [0.25, 0.3) is 26.3 Å². The standard InChI is InChI=1S/C29H25N3O4S3/c1-4-36-28(35)21-15-22(19-11-7-5-8-12-19)39-25(21)30-23(33)16-37-29-31-26-24(17(2)18(3)38-26)27(34)32(29)20-13-9-6-10-14-20/h5-15H,4,16H2,1-3H3,(H,30,33). The third kappa shape index (κ3) is 5.54. The van der Waals surface area contributed by atoms with E-state index in [1.807, 2.05) is 74.5 Å². The Morgan fingerprint density at radius 1 is 1.03 bits per heavy atom. The molecule has 3 heterocycles. The number of carbonyl (C=O) groups is 2. The lowest BCUT2D eigenvalue weighted by atomic mass is 10.1. The van der Waals surface area contributed by atoms with Gasteiger partial charge in [-0.05, 0) is 50.1 Å². The molecular formula is C29H25N3O4S3. The van der Waals surface area contributed by atoms with Crippen molar-refractivity contribution in [2.24, 2.45) is 0 Å². The van der Waals surface area contributed by atoms with Crippen LogP contribution in [-0.2, 0) is 9.53 Å². The maximum atomic E-state index is 13.6. The Labute approximate surface area is 237 Å². The number of esters is 1. The number of carbonyl (C=O) groups excluding carboxylic acids is 2. The number of aryl methyl sites for hydroxylation is 2. The predicted molar refractivity (Wildman–Crippen MR) is 160 cm³/mol. The lowest BCUT2D eigenvalue weighted by Gasteiger charge is -2.12. The van der Waals surface area contributed by atoms with Crippen molar-refractivity contribution in [1.82, 2.24) is 9.55 Å². The van der Waals surface area contributed by atoms with E-state index in [1.54, 1.807) is 17.6 Å². The van der Waals surface area contributed by atoms with Crippen molar-refractivity contribution >= 4 is 61.5 Å². The third-order valence-electron chi connectivity index (χ3n) is 6.06. The fourth-order valence-corrected chi connectivity index (χ4v) is 7.01. The SMILES string of the molecule is CCOC(=O)c1cc(-c2ccccc2)sc1NC(=O)CSc1nc2sc(C)c(C)c2c(=O)n1-c1ccccc1. The highest BCUT2D eigenvalue weighted by atomic mass is 32.2. The van der Waals surface area contributed by atoms with Crippen molar-refractivity contribution in [3.63, 3.8) is 0 Å². The fourth-order valence-electron chi connectivity index (χ4n) is 4.06. The average Bonchev–Trinajstić information content (AvgIpc) is 3.49. The van der Waals surface area contributed by atoms with E-state index in [2.05, 4.69) is 5.32 Å². The number of nitrogens with zero attached hydrogens (tertiary/aromatic N) is 2. The molecule has 0 radical (unpaired) electrons. The van der Waals surface area contributed by atoms with Gasteiger partial charge in [0.2, 0.25) is 5.91 Å². The van der Waals surface area contributed by atoms with Crippen LogP contribution in [0.4, 0.5) is 5.00 Å². The monoisotopic (exact) mass is 575 g/mol. The summed E-state index contributed by atoms with van der Waals surface area (Å²) < 4.78 is 6.78. The first-order valence-electron chi connectivity index (χ1n) is 12.2. The summed E-state index contributed by atoms with van der Waals surface area (Å²) in [7, 11) is 0. The summed E-state index contributed by atoms with van der Waals surface area (Å²) in [6.45, 7) is 5.87. The summed E-state index contributed by atoms with van der Waals surface area (Å²) in [5.74, 6) is -0.818. The van der Waals surface area contributed by atoms with Crippen LogP contribution in [-0.4, -0.2) is 33.8 Å². The molecule has 7 nitrogen and oxygen atoms in total. The van der Waals surface area contributed by atoms with Gasteiger partial charge in [0.1, 0.15) is 9.83 Å². The highest BCUT2D eigenvalue weighted by Crippen LogP contribution is 2.36. The number of ether oxygens (including phenoxy) is 1. The van der Waals surface area contributed by atoms with E-state index in [1.165, 1.54) is 34.4 Å². The highest BCUT2D eigenvalue weighted by molar-refractivity contribution is 7.99. The number of thioether (sulfide) groups is 1. The summed E-state index contributed by atoms with van der Waals surface area (Å²) in [6, 6.07) is 20.7. The number of benzene rings is 2. The van der Waals surface area contributed by atoms with Gasteiger partial charge in [-0.25, -0.2) is 9.78 Å². The van der Waals surface area contributed by atoms with Gasteiger partial charge in [0.25, 0.3) is 5.56 Å². The van der Waals surface area contributed by atoms with Crippen LogP contribution in [0.2, 0.25) is 0 Å². The van der Waals surface area contributed by atoms with Gasteiger partial charge < -0.3 is 10.1 Å². The van der Waals surface area contributed by atoms with Gasteiger partial charge in [-0.2, -0.15) is 0 Å². The molecule has 1 amide bonds. The Morgan fingerprint density at radius 2 is 1.72 bits per heavy atom. The summed E-state index contributed by atoms with van der Waals surface area (Å²) >= 11 is 3.96. The maximum Gasteiger partial charge on any atom is 0.341 e. The number of anilines is 1. The Morgan fingerprint density at radius 3 is 2.41 bits per heavy atom. The minimum Gasteiger partial charge on any atom is -0.462 e. The second kappa shape index (κ2) is 11.6. The van der Waals surface area contributed by atoms with E-state index in [0.29, 0.717) is 31.6 Å². The molecular weight excluding hydrogens is 551 g/mol. The quantitative estimate of drug-likeness (QED) is 0.126. The van der Waals surface area contributed by atoms with Crippen molar-refractivity contribution < 1.29 is 14.3 Å². The van der Waals surface area contributed by atoms with Crippen LogP contribution < -0.4 is 10.9 Å². The van der Waals surface area contributed by atoms with E-state index in [4.69, 9.17) is 9.72 Å². The zero-order valence-corrected chi connectivity index (χ0v) is 24.0. The summed E-state index contributed by atoms with van der Waals surface area (Å²) in [5, 5.41) is 4.33. The third-order valence-corrected chi connectivity index (χ3v) is 9.20. The molecule has 0 aliphatic heterocycles. The molecule has 5 aromatic rings. The normalized spacial score (nSPS) is 11.1. The van der Waals surface area contributed by atoms with Crippen LogP contribution in [0.3, 0.4) is 0 Å². The number of rotatable bonds is 8. The van der Waals surface area contributed by atoms with Crippen LogP contribution in [0.15, 0.2) is 76.7 Å². The topological polar surface area (TPSA) is 90.3 Å². The number of hydrogen-bond donors (Lipinski definition) is 1. The second-order valence-corrected chi connectivity index (χ2v) is 11.8. The second-order valence-electron chi connectivity index (χ2n) is 8.61. The van der Waals surface area contributed by atoms with Gasteiger partial charge >= 0.3 is 5.97 Å². The van der Waals surface area contributed by atoms with Crippen LogP contribution in [0.1, 0.15) is 27.7 Å². The maximum absolute atomic E-state index is 13.6. The summed E-state index contributed by atoms with van der Waals surface area (Å²) in [6.07, 6.45) is 0. The van der Waals surface area contributed by atoms with Gasteiger partial charge in [0, 0.05) is 9.75 Å². The zero-order chi connectivity index (χ0) is 27.5. The largest absolute Gasteiger partial charge is 0.462 e. The van der Waals surface area contributed by atoms with Crippen molar-refractivity contribution in [1.29, 1.82) is 0 Å². The van der Waals surface area contributed by atoms with E-state index < -0.39 is 5.97 Å². The minimum atomic E-state index is -0.493. The number of amides is 1. The Hall–Kier alpha value is -3.73. The van der Waals surface area contributed by atoms with Gasteiger partial charge in [-0.1, -0.05) is 60.3 Å². The molecule has 0 fully saturated rings. The molecule has 10 heteroatoms. The molecule has 2 aromatic carbocycles. The predicted octanol–water partition coefficient (Wildman–Crippen LogP) is 6.70. The molecule has 5 rings (SSSR count). The van der Waals surface area contributed by atoms with Crippen LogP contribution >= 0.6 is 34.4 Å². The molecule has 3 aromatic heterocycles. The smallest absolute Gasteiger partial charge is 0.341 e. The molecule has 198 valence electrons. The molecule has 0 unspecified atom stereocenters. The zero-order valence-electron chi connectivity index (χ0n) is 21.5. The Bertz CT molecular complexity index is 1720. The van der Waals surface area contributed by atoms with Gasteiger partial charge in [0.05, 0.1) is 29.0 Å². The van der Waals surface area contributed by atoms with Crippen molar-refractivity contribution in [3.8, 4) is 16.1 Å². The average molecular weight is 576 g/mol. The molecule has 0 aliphatic carbocycles. The Kier molecular flexibility index (Phi) is 7.97. The molecule has 0 saturated heterocycles.